The molecule has 3 aromatic carbocycles. The van der Waals surface area contributed by atoms with Crippen LogP contribution in [0.25, 0.3) is 0 Å². The number of nitrogens with two attached hydrogens (primary N) is 1. The number of benzene rings is 3. The molecule has 0 bridgehead atoms. The maximum Gasteiger partial charge on any atom is 0.261 e. The number of anilines is 2. The number of hydrogen-bond donors (Lipinski definition) is 3. The van der Waals surface area contributed by atoms with Crippen LogP contribution in [0, 0.1) is 12.7 Å². The van der Waals surface area contributed by atoms with E-state index in [9.17, 15) is 22.4 Å². The van der Waals surface area contributed by atoms with Crippen molar-refractivity contribution < 1.29 is 22.4 Å². The zero-order valence-electron chi connectivity index (χ0n) is 15.8. The Morgan fingerprint density at radius 3 is 2.20 bits per heavy atom. The van der Waals surface area contributed by atoms with Crippen LogP contribution in [0.5, 0.6) is 0 Å². The molecule has 9 heteroatoms. The minimum Gasteiger partial charge on any atom is -0.366 e. The largest absolute Gasteiger partial charge is 0.366 e. The van der Waals surface area contributed by atoms with Gasteiger partial charge < -0.3 is 11.1 Å². The van der Waals surface area contributed by atoms with Gasteiger partial charge in [0.25, 0.3) is 15.9 Å². The number of rotatable bonds is 6. The number of aryl methyl sites for hydroxylation is 1. The zero-order valence-corrected chi connectivity index (χ0v) is 16.7. The number of halogens is 1. The summed E-state index contributed by atoms with van der Waals surface area (Å²) < 4.78 is 41.1. The number of primary amides is 1. The lowest BCUT2D eigenvalue weighted by Crippen LogP contribution is -2.16. The average molecular weight is 427 g/mol. The predicted octanol–water partition coefficient (Wildman–Crippen LogP) is 3.29. The smallest absolute Gasteiger partial charge is 0.261 e. The van der Waals surface area contributed by atoms with Crippen LogP contribution < -0.4 is 15.8 Å². The molecular weight excluding hydrogens is 409 g/mol. The van der Waals surface area contributed by atoms with Crippen molar-refractivity contribution in [2.24, 2.45) is 5.73 Å². The van der Waals surface area contributed by atoms with Gasteiger partial charge in [-0.2, -0.15) is 0 Å². The molecule has 3 aromatic rings. The van der Waals surface area contributed by atoms with Crippen molar-refractivity contribution in [2.45, 2.75) is 11.8 Å². The summed E-state index contributed by atoms with van der Waals surface area (Å²) in [6.45, 7) is 1.53. The summed E-state index contributed by atoms with van der Waals surface area (Å²) in [5.74, 6) is -1.78. The molecular formula is C21H18FN3O4S. The summed E-state index contributed by atoms with van der Waals surface area (Å²) >= 11 is 0. The van der Waals surface area contributed by atoms with E-state index in [0.717, 1.165) is 6.07 Å². The Labute approximate surface area is 172 Å². The molecule has 0 radical (unpaired) electrons. The zero-order chi connectivity index (χ0) is 21.9. The van der Waals surface area contributed by atoms with E-state index in [1.807, 2.05) is 0 Å². The summed E-state index contributed by atoms with van der Waals surface area (Å²) in [7, 11) is -4.04. The van der Waals surface area contributed by atoms with Crippen LogP contribution in [-0.2, 0) is 10.0 Å². The van der Waals surface area contributed by atoms with Gasteiger partial charge in [0, 0.05) is 22.5 Å². The predicted molar refractivity (Wildman–Crippen MR) is 111 cm³/mol. The Kier molecular flexibility index (Phi) is 5.84. The monoisotopic (exact) mass is 427 g/mol. The Morgan fingerprint density at radius 1 is 0.900 bits per heavy atom. The van der Waals surface area contributed by atoms with Crippen molar-refractivity contribution in [3.05, 3.63) is 89.2 Å². The van der Waals surface area contributed by atoms with Crippen molar-refractivity contribution in [2.75, 3.05) is 10.0 Å². The molecule has 0 aliphatic rings. The highest BCUT2D eigenvalue weighted by atomic mass is 32.2. The number of hydrogen-bond acceptors (Lipinski definition) is 4. The van der Waals surface area contributed by atoms with Crippen molar-refractivity contribution in [3.63, 3.8) is 0 Å². The molecule has 0 aliphatic heterocycles. The lowest BCUT2D eigenvalue weighted by Gasteiger charge is -2.11. The number of carbonyl (C=O) groups excluding carboxylic acids is 2. The van der Waals surface area contributed by atoms with Gasteiger partial charge >= 0.3 is 0 Å². The molecule has 0 saturated heterocycles. The van der Waals surface area contributed by atoms with Gasteiger partial charge in [-0.3, -0.25) is 14.3 Å². The normalized spacial score (nSPS) is 11.0. The topological polar surface area (TPSA) is 118 Å². The second kappa shape index (κ2) is 8.34. The van der Waals surface area contributed by atoms with Crippen LogP contribution in [0.1, 0.15) is 26.3 Å². The van der Waals surface area contributed by atoms with Crippen LogP contribution >= 0.6 is 0 Å². The molecule has 0 fully saturated rings. The van der Waals surface area contributed by atoms with Crippen molar-refractivity contribution in [3.8, 4) is 0 Å². The number of carbonyl (C=O) groups is 2. The SMILES string of the molecule is Cc1ccc(S(=O)(=O)Nc2cccc(C(=O)Nc3cccc(C(N)=O)c3)c2)cc1F. The Morgan fingerprint density at radius 2 is 1.53 bits per heavy atom. The second-order valence-electron chi connectivity index (χ2n) is 6.50. The molecule has 4 N–H and O–H groups in total. The summed E-state index contributed by atoms with van der Waals surface area (Å²) in [5.41, 5.74) is 6.46. The summed E-state index contributed by atoms with van der Waals surface area (Å²) in [6.07, 6.45) is 0. The average Bonchev–Trinajstić information content (AvgIpc) is 2.70. The first-order chi connectivity index (χ1) is 14.2. The van der Waals surface area contributed by atoms with E-state index in [-0.39, 0.29) is 21.7 Å². The van der Waals surface area contributed by atoms with Gasteiger partial charge in [-0.15, -0.1) is 0 Å². The molecule has 0 aliphatic carbocycles. The summed E-state index contributed by atoms with van der Waals surface area (Å²) in [5, 5.41) is 2.62. The first kappa shape index (κ1) is 21.0. The van der Waals surface area contributed by atoms with E-state index in [4.69, 9.17) is 5.73 Å². The number of amides is 2. The molecule has 7 nitrogen and oxygen atoms in total. The van der Waals surface area contributed by atoms with Gasteiger partial charge in [0.2, 0.25) is 5.91 Å². The molecule has 0 saturated carbocycles. The fourth-order valence-corrected chi connectivity index (χ4v) is 3.69. The highest BCUT2D eigenvalue weighted by Crippen LogP contribution is 2.20. The molecule has 0 atom stereocenters. The second-order valence-corrected chi connectivity index (χ2v) is 8.18. The van der Waals surface area contributed by atoms with Gasteiger partial charge in [0.05, 0.1) is 4.90 Å². The van der Waals surface area contributed by atoms with E-state index in [1.165, 1.54) is 55.5 Å². The van der Waals surface area contributed by atoms with Crippen molar-refractivity contribution >= 4 is 33.2 Å². The van der Waals surface area contributed by atoms with Gasteiger partial charge in [0.15, 0.2) is 0 Å². The highest BCUT2D eigenvalue weighted by molar-refractivity contribution is 7.92. The fourth-order valence-electron chi connectivity index (χ4n) is 2.63. The molecule has 2 amide bonds. The molecule has 154 valence electrons. The van der Waals surface area contributed by atoms with E-state index in [0.29, 0.717) is 11.3 Å². The first-order valence-electron chi connectivity index (χ1n) is 8.76. The highest BCUT2D eigenvalue weighted by Gasteiger charge is 2.17. The van der Waals surface area contributed by atoms with Gasteiger partial charge in [-0.05, 0) is 61.0 Å². The van der Waals surface area contributed by atoms with Gasteiger partial charge in [-0.25, -0.2) is 12.8 Å². The van der Waals surface area contributed by atoms with Crippen LogP contribution in [0.15, 0.2) is 71.6 Å². The molecule has 0 spiro atoms. The van der Waals surface area contributed by atoms with E-state index in [1.54, 1.807) is 12.1 Å². The molecule has 0 aromatic heterocycles. The quantitative estimate of drug-likeness (QED) is 0.559. The summed E-state index contributed by atoms with van der Waals surface area (Å²) in [6, 6.07) is 15.5. The number of sulfonamides is 1. The Balaban J connectivity index is 1.80. The van der Waals surface area contributed by atoms with Crippen LogP contribution in [0.4, 0.5) is 15.8 Å². The van der Waals surface area contributed by atoms with Gasteiger partial charge in [0.1, 0.15) is 5.82 Å². The first-order valence-corrected chi connectivity index (χ1v) is 10.2. The molecule has 0 unspecified atom stereocenters. The third-order valence-corrected chi connectivity index (χ3v) is 5.61. The fraction of sp³-hybridized carbons (Fsp3) is 0.0476. The Bertz CT molecular complexity index is 1240. The maximum absolute atomic E-state index is 13.7. The van der Waals surface area contributed by atoms with E-state index in [2.05, 4.69) is 10.0 Å². The van der Waals surface area contributed by atoms with Crippen molar-refractivity contribution in [1.29, 1.82) is 0 Å². The third-order valence-electron chi connectivity index (χ3n) is 4.24. The number of nitrogens with one attached hydrogen (secondary N) is 2. The van der Waals surface area contributed by atoms with Crippen LogP contribution in [0.3, 0.4) is 0 Å². The molecule has 3 rings (SSSR count). The van der Waals surface area contributed by atoms with E-state index < -0.39 is 27.7 Å². The lowest BCUT2D eigenvalue weighted by atomic mass is 10.1. The van der Waals surface area contributed by atoms with E-state index >= 15 is 0 Å². The lowest BCUT2D eigenvalue weighted by molar-refractivity contribution is 0.0996. The molecule has 0 heterocycles. The van der Waals surface area contributed by atoms with Crippen LogP contribution in [-0.4, -0.2) is 20.2 Å². The Hall–Kier alpha value is -3.72. The third kappa shape index (κ3) is 4.81. The minimum atomic E-state index is -4.04. The maximum atomic E-state index is 13.7. The standard InChI is InChI=1S/C21H18FN3O4S/c1-13-8-9-18(12-19(13)22)30(28,29)25-17-7-3-5-15(11-17)21(27)24-16-6-2-4-14(10-16)20(23)26/h2-12,25H,1H3,(H2,23,26)(H,24,27). The molecule has 30 heavy (non-hydrogen) atoms. The minimum absolute atomic E-state index is 0.134. The van der Waals surface area contributed by atoms with Gasteiger partial charge in [-0.1, -0.05) is 18.2 Å². The van der Waals surface area contributed by atoms with Crippen LogP contribution in [0.2, 0.25) is 0 Å². The van der Waals surface area contributed by atoms with Crippen molar-refractivity contribution in [1.82, 2.24) is 0 Å². The summed E-state index contributed by atoms with van der Waals surface area (Å²) in [4.78, 5) is 23.5.